The standard InChI is InChI=1S/C17H16N4O4/c1-11-8-13(15(10-18)17(22)19-11)14-9-12(2-3-16(14)21(23)24)20-4-6-25-7-5-20/h2-3,8-9H,4-7H2,1H3,(H,19,22). The number of hydrogen-bond acceptors (Lipinski definition) is 6. The highest BCUT2D eigenvalue weighted by atomic mass is 16.6. The van der Waals surface area contributed by atoms with E-state index < -0.39 is 10.5 Å². The molecule has 0 radical (unpaired) electrons. The maximum Gasteiger partial charge on any atom is 0.277 e. The van der Waals surface area contributed by atoms with Crippen LogP contribution in [-0.4, -0.2) is 36.2 Å². The van der Waals surface area contributed by atoms with Gasteiger partial charge in [0.25, 0.3) is 11.2 Å². The number of H-pyrrole nitrogens is 1. The molecule has 1 fully saturated rings. The third-order valence-corrected chi connectivity index (χ3v) is 4.12. The number of nitro groups is 1. The van der Waals surface area contributed by atoms with Crippen molar-refractivity contribution in [2.45, 2.75) is 6.92 Å². The second-order valence-corrected chi connectivity index (χ2v) is 5.74. The summed E-state index contributed by atoms with van der Waals surface area (Å²) in [5.74, 6) is 0. The maximum atomic E-state index is 12.1. The third kappa shape index (κ3) is 3.22. The van der Waals surface area contributed by atoms with Gasteiger partial charge >= 0.3 is 0 Å². The zero-order chi connectivity index (χ0) is 18.0. The largest absolute Gasteiger partial charge is 0.378 e. The number of ether oxygens (including phenoxy) is 1. The van der Waals surface area contributed by atoms with E-state index in [0.717, 1.165) is 5.69 Å². The number of aromatic amines is 1. The molecule has 0 spiro atoms. The summed E-state index contributed by atoms with van der Waals surface area (Å²) in [5, 5.41) is 20.8. The van der Waals surface area contributed by atoms with E-state index in [1.165, 1.54) is 6.07 Å². The van der Waals surface area contributed by atoms with Crippen LogP contribution in [-0.2, 0) is 4.74 Å². The highest BCUT2D eigenvalue weighted by Crippen LogP contribution is 2.35. The zero-order valence-electron chi connectivity index (χ0n) is 13.6. The molecule has 1 saturated heterocycles. The Morgan fingerprint density at radius 2 is 2.00 bits per heavy atom. The molecule has 0 aliphatic carbocycles. The Balaban J connectivity index is 2.22. The van der Waals surface area contributed by atoms with Crippen LogP contribution in [0.2, 0.25) is 0 Å². The third-order valence-electron chi connectivity index (χ3n) is 4.12. The number of morpholine rings is 1. The van der Waals surface area contributed by atoms with Crippen LogP contribution >= 0.6 is 0 Å². The number of nitriles is 1. The van der Waals surface area contributed by atoms with Gasteiger partial charge in [-0.25, -0.2) is 0 Å². The second-order valence-electron chi connectivity index (χ2n) is 5.74. The Labute approximate surface area is 143 Å². The van der Waals surface area contributed by atoms with Gasteiger partial charge in [-0.3, -0.25) is 14.9 Å². The average Bonchev–Trinajstić information content (AvgIpc) is 2.61. The first kappa shape index (κ1) is 16.7. The molecule has 8 heteroatoms. The summed E-state index contributed by atoms with van der Waals surface area (Å²) in [6.45, 7) is 4.19. The van der Waals surface area contributed by atoms with Crippen molar-refractivity contribution in [1.29, 1.82) is 5.26 Å². The monoisotopic (exact) mass is 340 g/mol. The number of rotatable bonds is 3. The summed E-state index contributed by atoms with van der Waals surface area (Å²) in [6, 6.07) is 8.20. The van der Waals surface area contributed by atoms with Gasteiger partial charge in [-0.1, -0.05) is 0 Å². The molecule has 1 aliphatic rings. The highest BCUT2D eigenvalue weighted by Gasteiger charge is 2.22. The number of nitrogens with one attached hydrogen (secondary N) is 1. The molecule has 0 saturated carbocycles. The first-order valence-electron chi connectivity index (χ1n) is 7.77. The fourth-order valence-corrected chi connectivity index (χ4v) is 2.93. The number of nitrogens with zero attached hydrogens (tertiary/aromatic N) is 3. The number of nitro benzene ring substituents is 1. The first-order chi connectivity index (χ1) is 12.0. The van der Waals surface area contributed by atoms with Gasteiger partial charge in [0.2, 0.25) is 0 Å². The van der Waals surface area contributed by atoms with E-state index in [1.807, 2.05) is 6.07 Å². The Morgan fingerprint density at radius 3 is 2.64 bits per heavy atom. The molecule has 1 aliphatic heterocycles. The molecular weight excluding hydrogens is 324 g/mol. The molecule has 3 rings (SSSR count). The molecule has 128 valence electrons. The quantitative estimate of drug-likeness (QED) is 0.675. The molecule has 8 nitrogen and oxygen atoms in total. The van der Waals surface area contributed by atoms with Crippen LogP contribution in [0.3, 0.4) is 0 Å². The summed E-state index contributed by atoms with van der Waals surface area (Å²) in [7, 11) is 0. The Bertz CT molecular complexity index is 923. The lowest BCUT2D eigenvalue weighted by molar-refractivity contribution is -0.384. The van der Waals surface area contributed by atoms with E-state index in [4.69, 9.17) is 4.74 Å². The minimum atomic E-state index is -0.552. The van der Waals surface area contributed by atoms with Crippen LogP contribution in [0.1, 0.15) is 11.3 Å². The van der Waals surface area contributed by atoms with E-state index in [2.05, 4.69) is 9.88 Å². The normalized spacial score (nSPS) is 14.2. The van der Waals surface area contributed by atoms with E-state index in [-0.39, 0.29) is 22.4 Å². The van der Waals surface area contributed by atoms with Crippen LogP contribution in [0.5, 0.6) is 0 Å². The van der Waals surface area contributed by atoms with Gasteiger partial charge in [0.15, 0.2) is 0 Å². The van der Waals surface area contributed by atoms with Gasteiger partial charge in [0, 0.05) is 36.1 Å². The number of hydrogen-bond donors (Lipinski definition) is 1. The van der Waals surface area contributed by atoms with Gasteiger partial charge in [0.1, 0.15) is 11.6 Å². The number of aryl methyl sites for hydroxylation is 1. The number of benzene rings is 1. The predicted molar refractivity (Wildman–Crippen MR) is 91.6 cm³/mol. The SMILES string of the molecule is Cc1cc(-c2cc(N3CCOCC3)ccc2[N+](=O)[O-])c(C#N)c(=O)[nH]1. The van der Waals surface area contributed by atoms with Crippen molar-refractivity contribution in [3.8, 4) is 17.2 Å². The van der Waals surface area contributed by atoms with Crippen LogP contribution in [0.15, 0.2) is 29.1 Å². The lowest BCUT2D eigenvalue weighted by Gasteiger charge is -2.29. The summed E-state index contributed by atoms with van der Waals surface area (Å²) in [4.78, 5) is 27.6. The van der Waals surface area contributed by atoms with Gasteiger partial charge in [-0.2, -0.15) is 5.26 Å². The van der Waals surface area contributed by atoms with Crippen molar-refractivity contribution in [1.82, 2.24) is 4.98 Å². The number of pyridine rings is 1. The number of aromatic nitrogens is 1. The molecule has 1 aromatic heterocycles. The van der Waals surface area contributed by atoms with Gasteiger partial charge in [-0.05, 0) is 25.1 Å². The molecule has 1 aromatic carbocycles. The summed E-state index contributed by atoms with van der Waals surface area (Å²) in [6.07, 6.45) is 0. The van der Waals surface area contributed by atoms with E-state index in [1.54, 1.807) is 25.1 Å². The summed E-state index contributed by atoms with van der Waals surface area (Å²) in [5.41, 5.74) is 1.04. The van der Waals surface area contributed by atoms with Gasteiger partial charge < -0.3 is 14.6 Å². The summed E-state index contributed by atoms with van der Waals surface area (Å²) >= 11 is 0. The fraction of sp³-hybridized carbons (Fsp3) is 0.294. The van der Waals surface area contributed by atoms with Crippen molar-refractivity contribution in [3.63, 3.8) is 0 Å². The number of anilines is 1. The van der Waals surface area contributed by atoms with Crippen molar-refractivity contribution < 1.29 is 9.66 Å². The van der Waals surface area contributed by atoms with E-state index >= 15 is 0 Å². The molecule has 25 heavy (non-hydrogen) atoms. The lowest BCUT2D eigenvalue weighted by Crippen LogP contribution is -2.36. The highest BCUT2D eigenvalue weighted by molar-refractivity contribution is 5.81. The second kappa shape index (κ2) is 6.75. The predicted octanol–water partition coefficient (Wildman–Crippen LogP) is 1.97. The molecular formula is C17H16N4O4. The van der Waals surface area contributed by atoms with Crippen LogP contribution in [0.25, 0.3) is 11.1 Å². The maximum absolute atomic E-state index is 12.1. The fourth-order valence-electron chi connectivity index (χ4n) is 2.93. The Hall–Kier alpha value is -3.18. The van der Waals surface area contributed by atoms with E-state index in [0.29, 0.717) is 32.0 Å². The van der Waals surface area contributed by atoms with Crippen molar-refractivity contribution in [3.05, 3.63) is 56.0 Å². The first-order valence-corrected chi connectivity index (χ1v) is 7.77. The zero-order valence-corrected chi connectivity index (χ0v) is 13.6. The Morgan fingerprint density at radius 1 is 1.28 bits per heavy atom. The molecule has 0 atom stereocenters. The van der Waals surface area contributed by atoms with Crippen molar-refractivity contribution in [2.75, 3.05) is 31.2 Å². The molecule has 1 N–H and O–H groups in total. The van der Waals surface area contributed by atoms with Gasteiger partial charge in [-0.15, -0.1) is 0 Å². The molecule has 0 amide bonds. The van der Waals surface area contributed by atoms with Crippen LogP contribution < -0.4 is 10.5 Å². The van der Waals surface area contributed by atoms with Crippen LogP contribution in [0.4, 0.5) is 11.4 Å². The molecule has 2 aromatic rings. The van der Waals surface area contributed by atoms with Crippen LogP contribution in [0, 0.1) is 28.4 Å². The summed E-state index contributed by atoms with van der Waals surface area (Å²) < 4.78 is 5.33. The topological polar surface area (TPSA) is 112 Å². The Kier molecular flexibility index (Phi) is 4.50. The van der Waals surface area contributed by atoms with Gasteiger partial charge in [0.05, 0.1) is 23.7 Å². The van der Waals surface area contributed by atoms with E-state index in [9.17, 15) is 20.2 Å². The van der Waals surface area contributed by atoms with Crippen molar-refractivity contribution >= 4 is 11.4 Å². The molecule has 0 bridgehead atoms. The molecule has 0 unspecified atom stereocenters. The minimum Gasteiger partial charge on any atom is -0.378 e. The lowest BCUT2D eigenvalue weighted by atomic mass is 9.98. The average molecular weight is 340 g/mol. The molecule has 2 heterocycles. The van der Waals surface area contributed by atoms with Crippen molar-refractivity contribution in [2.24, 2.45) is 0 Å². The smallest absolute Gasteiger partial charge is 0.277 e. The minimum absolute atomic E-state index is 0.132.